The predicted molar refractivity (Wildman–Crippen MR) is 82.3 cm³/mol. The van der Waals surface area contributed by atoms with Crippen LogP contribution in [0.5, 0.6) is 0 Å². The van der Waals surface area contributed by atoms with Crippen molar-refractivity contribution >= 4 is 40.9 Å². The Balaban J connectivity index is 2.22. The molecule has 1 amide bonds. The van der Waals surface area contributed by atoms with E-state index in [2.05, 4.69) is 5.32 Å². The summed E-state index contributed by atoms with van der Waals surface area (Å²) in [5.41, 5.74) is 0.0893. The van der Waals surface area contributed by atoms with Crippen molar-refractivity contribution in [2.24, 2.45) is 0 Å². The van der Waals surface area contributed by atoms with Gasteiger partial charge in [0.25, 0.3) is 5.91 Å². The minimum absolute atomic E-state index is 0.0383. The molecular formula is C14H12ClNO4S. The molecule has 0 spiro atoms. The lowest BCUT2D eigenvalue weighted by molar-refractivity contribution is 0.0698. The molecule has 1 aromatic heterocycles. The molecule has 0 aliphatic carbocycles. The first-order valence-electron chi connectivity index (χ1n) is 5.93. The summed E-state index contributed by atoms with van der Waals surface area (Å²) in [6.45, 7) is 0. The fraction of sp³-hybridized carbons (Fsp3) is 0.143. The zero-order chi connectivity index (χ0) is 15.4. The molecule has 0 bridgehead atoms. The van der Waals surface area contributed by atoms with E-state index in [9.17, 15) is 9.59 Å². The summed E-state index contributed by atoms with van der Waals surface area (Å²) < 4.78 is 5.38. The SMILES string of the molecule is CSCc1ccc(C(=O)Nc2cc(Cl)ccc2C(=O)O)o1. The number of furan rings is 1. The number of rotatable bonds is 5. The van der Waals surface area contributed by atoms with Crippen molar-refractivity contribution in [2.45, 2.75) is 5.75 Å². The lowest BCUT2D eigenvalue weighted by Gasteiger charge is -2.07. The van der Waals surface area contributed by atoms with Crippen molar-refractivity contribution in [3.63, 3.8) is 0 Å². The van der Waals surface area contributed by atoms with Gasteiger partial charge in [0, 0.05) is 5.02 Å². The normalized spacial score (nSPS) is 10.4. The van der Waals surface area contributed by atoms with E-state index in [0.717, 1.165) is 0 Å². The molecule has 5 nitrogen and oxygen atoms in total. The minimum Gasteiger partial charge on any atom is -0.478 e. The molecule has 7 heteroatoms. The molecule has 0 aliphatic heterocycles. The monoisotopic (exact) mass is 325 g/mol. The fourth-order valence-corrected chi connectivity index (χ4v) is 2.32. The molecule has 0 saturated heterocycles. The summed E-state index contributed by atoms with van der Waals surface area (Å²) in [7, 11) is 0. The Labute approximate surface area is 130 Å². The maximum atomic E-state index is 12.1. The molecular weight excluding hydrogens is 314 g/mol. The molecule has 21 heavy (non-hydrogen) atoms. The van der Waals surface area contributed by atoms with Crippen LogP contribution in [-0.4, -0.2) is 23.2 Å². The van der Waals surface area contributed by atoms with Crippen molar-refractivity contribution in [3.05, 3.63) is 52.4 Å². The van der Waals surface area contributed by atoms with E-state index in [1.54, 1.807) is 23.9 Å². The summed E-state index contributed by atoms with van der Waals surface area (Å²) in [5.74, 6) is -0.214. The highest BCUT2D eigenvalue weighted by Crippen LogP contribution is 2.22. The quantitative estimate of drug-likeness (QED) is 0.875. The summed E-state index contributed by atoms with van der Waals surface area (Å²) >= 11 is 7.40. The summed E-state index contributed by atoms with van der Waals surface area (Å²) in [4.78, 5) is 23.2. The third kappa shape index (κ3) is 3.80. The minimum atomic E-state index is -1.15. The highest BCUT2D eigenvalue weighted by Gasteiger charge is 2.16. The van der Waals surface area contributed by atoms with Gasteiger partial charge in [-0.3, -0.25) is 4.79 Å². The zero-order valence-corrected chi connectivity index (χ0v) is 12.6. The Morgan fingerprint density at radius 3 is 2.76 bits per heavy atom. The van der Waals surface area contributed by atoms with Crippen LogP contribution in [0.1, 0.15) is 26.7 Å². The largest absolute Gasteiger partial charge is 0.478 e. The highest BCUT2D eigenvalue weighted by molar-refractivity contribution is 7.97. The number of amides is 1. The number of carboxylic acid groups (broad SMARTS) is 1. The fourth-order valence-electron chi connectivity index (χ4n) is 1.71. The van der Waals surface area contributed by atoms with Gasteiger partial charge in [0.05, 0.1) is 17.0 Å². The second kappa shape index (κ2) is 6.69. The first kappa shape index (κ1) is 15.5. The van der Waals surface area contributed by atoms with Crippen molar-refractivity contribution in [1.82, 2.24) is 0 Å². The topological polar surface area (TPSA) is 79.5 Å². The molecule has 0 aliphatic rings. The molecule has 110 valence electrons. The highest BCUT2D eigenvalue weighted by atomic mass is 35.5. The van der Waals surface area contributed by atoms with Crippen LogP contribution in [0, 0.1) is 0 Å². The third-order valence-electron chi connectivity index (χ3n) is 2.63. The lowest BCUT2D eigenvalue weighted by Crippen LogP contribution is -2.14. The van der Waals surface area contributed by atoms with Crippen molar-refractivity contribution in [2.75, 3.05) is 11.6 Å². The standard InChI is InChI=1S/C14H12ClNO4S/c1-21-7-9-3-5-12(20-9)13(17)16-11-6-8(15)2-4-10(11)14(18)19/h2-6H,7H2,1H3,(H,16,17)(H,18,19). The predicted octanol–water partition coefficient (Wildman–Crippen LogP) is 3.75. The molecule has 2 aromatic rings. The smallest absolute Gasteiger partial charge is 0.337 e. The van der Waals surface area contributed by atoms with Crippen LogP contribution in [0.3, 0.4) is 0 Å². The number of carbonyl (C=O) groups excluding carboxylic acids is 1. The Hall–Kier alpha value is -1.92. The molecule has 1 aromatic carbocycles. The Morgan fingerprint density at radius 2 is 2.10 bits per heavy atom. The molecule has 0 radical (unpaired) electrons. The van der Waals surface area contributed by atoms with Gasteiger partial charge in [0.1, 0.15) is 5.76 Å². The van der Waals surface area contributed by atoms with Gasteiger partial charge in [-0.25, -0.2) is 4.79 Å². The van der Waals surface area contributed by atoms with Crippen LogP contribution < -0.4 is 5.32 Å². The van der Waals surface area contributed by atoms with E-state index in [1.807, 2.05) is 6.26 Å². The number of halogens is 1. The summed E-state index contributed by atoms with van der Waals surface area (Å²) in [6, 6.07) is 7.42. The van der Waals surface area contributed by atoms with Crippen LogP contribution in [0.25, 0.3) is 0 Å². The van der Waals surface area contributed by atoms with E-state index in [0.29, 0.717) is 16.5 Å². The molecule has 2 N–H and O–H groups in total. The van der Waals surface area contributed by atoms with E-state index in [-0.39, 0.29) is 17.0 Å². The van der Waals surface area contributed by atoms with E-state index in [1.165, 1.54) is 18.2 Å². The lowest BCUT2D eigenvalue weighted by atomic mass is 10.1. The van der Waals surface area contributed by atoms with Crippen LogP contribution in [0.15, 0.2) is 34.7 Å². The average molecular weight is 326 g/mol. The number of benzene rings is 1. The number of aromatic carboxylic acids is 1. The maximum Gasteiger partial charge on any atom is 0.337 e. The summed E-state index contributed by atoms with van der Waals surface area (Å²) in [5, 5.41) is 11.9. The molecule has 1 heterocycles. The van der Waals surface area contributed by atoms with Gasteiger partial charge in [0.15, 0.2) is 5.76 Å². The number of hydrogen-bond acceptors (Lipinski definition) is 4. The maximum absolute atomic E-state index is 12.1. The number of nitrogens with one attached hydrogen (secondary N) is 1. The summed E-state index contributed by atoms with van der Waals surface area (Å²) in [6.07, 6.45) is 1.92. The van der Waals surface area contributed by atoms with E-state index < -0.39 is 11.9 Å². The Morgan fingerprint density at radius 1 is 1.33 bits per heavy atom. The molecule has 0 unspecified atom stereocenters. The molecule has 2 rings (SSSR count). The second-order valence-electron chi connectivity index (χ2n) is 4.15. The van der Waals surface area contributed by atoms with Crippen LogP contribution in [0.4, 0.5) is 5.69 Å². The van der Waals surface area contributed by atoms with Gasteiger partial charge in [-0.15, -0.1) is 0 Å². The second-order valence-corrected chi connectivity index (χ2v) is 5.45. The van der Waals surface area contributed by atoms with Gasteiger partial charge in [-0.1, -0.05) is 11.6 Å². The first-order chi connectivity index (χ1) is 10.0. The van der Waals surface area contributed by atoms with Gasteiger partial charge in [0.2, 0.25) is 0 Å². The number of carboxylic acids is 1. The zero-order valence-electron chi connectivity index (χ0n) is 11.1. The Kier molecular flexibility index (Phi) is 4.93. The van der Waals surface area contributed by atoms with Crippen LogP contribution >= 0.6 is 23.4 Å². The Bertz CT molecular complexity index is 683. The number of anilines is 1. The van der Waals surface area contributed by atoms with Crippen molar-refractivity contribution in [3.8, 4) is 0 Å². The van der Waals surface area contributed by atoms with Crippen LogP contribution in [0.2, 0.25) is 5.02 Å². The molecule has 0 atom stereocenters. The van der Waals surface area contributed by atoms with Gasteiger partial charge in [-0.05, 0) is 36.6 Å². The molecule has 0 saturated carbocycles. The van der Waals surface area contributed by atoms with E-state index >= 15 is 0 Å². The van der Waals surface area contributed by atoms with Gasteiger partial charge < -0.3 is 14.8 Å². The van der Waals surface area contributed by atoms with Crippen LogP contribution in [-0.2, 0) is 5.75 Å². The third-order valence-corrected chi connectivity index (χ3v) is 3.44. The number of thioether (sulfide) groups is 1. The van der Waals surface area contributed by atoms with Crippen molar-refractivity contribution in [1.29, 1.82) is 0 Å². The number of hydrogen-bond donors (Lipinski definition) is 2. The van der Waals surface area contributed by atoms with E-state index in [4.69, 9.17) is 21.1 Å². The van der Waals surface area contributed by atoms with Gasteiger partial charge in [-0.2, -0.15) is 11.8 Å². The average Bonchev–Trinajstić information content (AvgIpc) is 2.87. The molecule has 0 fully saturated rings. The first-order valence-corrected chi connectivity index (χ1v) is 7.70. The number of carbonyl (C=O) groups is 2. The van der Waals surface area contributed by atoms with Gasteiger partial charge >= 0.3 is 5.97 Å². The van der Waals surface area contributed by atoms with Crippen molar-refractivity contribution < 1.29 is 19.1 Å².